The van der Waals surface area contributed by atoms with Crippen molar-refractivity contribution in [1.29, 1.82) is 0 Å². The van der Waals surface area contributed by atoms with Crippen molar-refractivity contribution in [2.24, 2.45) is 0 Å². The van der Waals surface area contributed by atoms with Crippen LogP contribution in [0.2, 0.25) is 5.02 Å². The highest BCUT2D eigenvalue weighted by Crippen LogP contribution is 2.48. The van der Waals surface area contributed by atoms with E-state index in [1.54, 1.807) is 17.8 Å². The summed E-state index contributed by atoms with van der Waals surface area (Å²) < 4.78 is 13.9. The molecule has 0 atom stereocenters. The molecular formula is C19H17ClFNS. The van der Waals surface area contributed by atoms with E-state index in [1.165, 1.54) is 22.8 Å². The van der Waals surface area contributed by atoms with Gasteiger partial charge in [-0.1, -0.05) is 35.0 Å². The summed E-state index contributed by atoms with van der Waals surface area (Å²) in [4.78, 5) is 4.62. The van der Waals surface area contributed by atoms with E-state index in [2.05, 4.69) is 18.0 Å². The number of piperidine rings is 1. The van der Waals surface area contributed by atoms with E-state index in [0.717, 1.165) is 46.3 Å². The van der Waals surface area contributed by atoms with Gasteiger partial charge in [0.15, 0.2) is 0 Å². The first kappa shape index (κ1) is 15.3. The van der Waals surface area contributed by atoms with Gasteiger partial charge in [-0.25, -0.2) is 4.39 Å². The Hall–Kier alpha value is -1.29. The molecule has 23 heavy (non-hydrogen) atoms. The minimum atomic E-state index is -0.173. The highest BCUT2D eigenvalue weighted by molar-refractivity contribution is 7.99. The highest BCUT2D eigenvalue weighted by atomic mass is 35.5. The van der Waals surface area contributed by atoms with Gasteiger partial charge in [-0.05, 0) is 66.9 Å². The topological polar surface area (TPSA) is 3.24 Å². The Balaban J connectivity index is 1.93. The zero-order chi connectivity index (χ0) is 16.0. The third-order valence-corrected chi connectivity index (χ3v) is 5.96. The van der Waals surface area contributed by atoms with Crippen molar-refractivity contribution in [3.05, 3.63) is 63.9 Å². The van der Waals surface area contributed by atoms with Gasteiger partial charge >= 0.3 is 0 Å². The lowest BCUT2D eigenvalue weighted by Gasteiger charge is -2.30. The van der Waals surface area contributed by atoms with Crippen LogP contribution in [0.4, 0.5) is 4.39 Å². The largest absolute Gasteiger partial charge is 0.306 e. The fourth-order valence-corrected chi connectivity index (χ4v) is 4.70. The second kappa shape index (κ2) is 5.97. The summed E-state index contributed by atoms with van der Waals surface area (Å²) in [6.45, 7) is 2.11. The molecule has 2 aliphatic heterocycles. The van der Waals surface area contributed by atoms with E-state index in [1.807, 2.05) is 18.2 Å². The van der Waals surface area contributed by atoms with E-state index in [4.69, 9.17) is 11.6 Å². The van der Waals surface area contributed by atoms with Crippen LogP contribution in [-0.2, 0) is 0 Å². The number of rotatable bonds is 0. The van der Waals surface area contributed by atoms with E-state index >= 15 is 0 Å². The number of hydrogen-bond donors (Lipinski definition) is 0. The lowest BCUT2D eigenvalue weighted by atomic mass is 9.88. The lowest BCUT2D eigenvalue weighted by Crippen LogP contribution is -2.27. The number of fused-ring (bicyclic) bond motifs is 2. The lowest BCUT2D eigenvalue weighted by molar-refractivity contribution is 0.313. The second-order valence-electron chi connectivity index (χ2n) is 6.16. The Bertz CT molecular complexity index is 805. The SMILES string of the molecule is CN1CCC(=C2c3ccc(Cl)cc3Sc3ccc(F)cc32)CC1. The number of likely N-dealkylation sites (tertiary alicyclic amines) is 1. The van der Waals surface area contributed by atoms with Gasteiger partial charge in [-0.2, -0.15) is 0 Å². The second-order valence-corrected chi connectivity index (χ2v) is 7.69. The third-order valence-electron chi connectivity index (χ3n) is 4.59. The summed E-state index contributed by atoms with van der Waals surface area (Å²) >= 11 is 7.86. The molecule has 0 aliphatic carbocycles. The third kappa shape index (κ3) is 2.82. The Morgan fingerprint density at radius 3 is 2.57 bits per heavy atom. The summed E-state index contributed by atoms with van der Waals surface area (Å²) in [5, 5.41) is 0.745. The van der Waals surface area contributed by atoms with Crippen molar-refractivity contribution in [3.8, 4) is 0 Å². The van der Waals surface area contributed by atoms with Crippen LogP contribution in [0.1, 0.15) is 24.0 Å². The molecular weight excluding hydrogens is 329 g/mol. The fraction of sp³-hybridized carbons (Fsp3) is 0.263. The van der Waals surface area contributed by atoms with Crippen molar-refractivity contribution in [3.63, 3.8) is 0 Å². The maximum atomic E-state index is 13.9. The predicted molar refractivity (Wildman–Crippen MR) is 94.7 cm³/mol. The van der Waals surface area contributed by atoms with Gasteiger partial charge in [-0.15, -0.1) is 0 Å². The summed E-state index contributed by atoms with van der Waals surface area (Å²) in [5.74, 6) is -0.173. The van der Waals surface area contributed by atoms with Crippen molar-refractivity contribution in [2.75, 3.05) is 20.1 Å². The molecule has 0 aromatic heterocycles. The fourth-order valence-electron chi connectivity index (χ4n) is 3.36. The average molecular weight is 346 g/mol. The molecule has 2 aromatic carbocycles. The maximum Gasteiger partial charge on any atom is 0.123 e. The van der Waals surface area contributed by atoms with Gasteiger partial charge in [0.2, 0.25) is 0 Å². The van der Waals surface area contributed by atoms with Crippen LogP contribution < -0.4 is 0 Å². The molecule has 0 N–H and O–H groups in total. The number of hydrogen-bond acceptors (Lipinski definition) is 2. The first-order valence-electron chi connectivity index (χ1n) is 7.80. The molecule has 0 spiro atoms. The number of halogens is 2. The monoisotopic (exact) mass is 345 g/mol. The summed E-state index contributed by atoms with van der Waals surface area (Å²) in [7, 11) is 2.15. The predicted octanol–water partition coefficient (Wildman–Crippen LogP) is 5.47. The van der Waals surface area contributed by atoms with Gasteiger partial charge in [0, 0.05) is 27.9 Å². The summed E-state index contributed by atoms with van der Waals surface area (Å²) in [5.41, 5.74) is 4.87. The average Bonchev–Trinajstić information content (AvgIpc) is 2.54. The van der Waals surface area contributed by atoms with E-state index in [0.29, 0.717) is 0 Å². The Labute approximate surface area is 145 Å². The molecule has 0 radical (unpaired) electrons. The molecule has 2 aromatic rings. The maximum absolute atomic E-state index is 13.9. The van der Waals surface area contributed by atoms with Gasteiger partial charge in [0.25, 0.3) is 0 Å². The standard InChI is InChI=1S/C19H17ClFNS/c1-22-8-6-12(7-9-22)19-15-4-2-13(20)10-18(15)23-17-5-3-14(21)11-16(17)19/h2-5,10-11H,6-9H2,1H3. The zero-order valence-corrected chi connectivity index (χ0v) is 14.5. The first-order chi connectivity index (χ1) is 11.1. The molecule has 0 amide bonds. The van der Waals surface area contributed by atoms with E-state index in [9.17, 15) is 4.39 Å². The Morgan fingerprint density at radius 2 is 1.78 bits per heavy atom. The van der Waals surface area contributed by atoms with Crippen molar-refractivity contribution < 1.29 is 4.39 Å². The van der Waals surface area contributed by atoms with Gasteiger partial charge in [0.1, 0.15) is 5.82 Å². The molecule has 118 valence electrons. The minimum absolute atomic E-state index is 0.173. The number of benzene rings is 2. The minimum Gasteiger partial charge on any atom is -0.306 e. The molecule has 1 fully saturated rings. The molecule has 2 heterocycles. The van der Waals surface area contributed by atoms with Crippen molar-refractivity contribution in [2.45, 2.75) is 22.6 Å². The van der Waals surface area contributed by atoms with E-state index < -0.39 is 0 Å². The molecule has 4 rings (SSSR count). The van der Waals surface area contributed by atoms with Crippen LogP contribution in [0.15, 0.2) is 51.8 Å². The van der Waals surface area contributed by atoms with E-state index in [-0.39, 0.29) is 5.82 Å². The van der Waals surface area contributed by atoms with Crippen LogP contribution in [0.25, 0.3) is 5.57 Å². The molecule has 1 saturated heterocycles. The zero-order valence-electron chi connectivity index (χ0n) is 12.9. The number of nitrogens with zero attached hydrogens (tertiary/aromatic N) is 1. The Kier molecular flexibility index (Phi) is 3.96. The Morgan fingerprint density at radius 1 is 1.00 bits per heavy atom. The van der Waals surface area contributed by atoms with Gasteiger partial charge in [0.05, 0.1) is 0 Å². The molecule has 0 unspecified atom stereocenters. The van der Waals surface area contributed by atoms with Crippen molar-refractivity contribution in [1.82, 2.24) is 4.90 Å². The van der Waals surface area contributed by atoms with Crippen LogP contribution in [-0.4, -0.2) is 25.0 Å². The van der Waals surface area contributed by atoms with Gasteiger partial charge in [-0.3, -0.25) is 0 Å². The normalized spacial score (nSPS) is 17.9. The molecule has 2 aliphatic rings. The highest BCUT2D eigenvalue weighted by Gasteiger charge is 2.25. The van der Waals surface area contributed by atoms with Crippen molar-refractivity contribution >= 4 is 28.9 Å². The summed E-state index contributed by atoms with van der Waals surface area (Å²) in [6, 6.07) is 11.1. The molecule has 0 saturated carbocycles. The smallest absolute Gasteiger partial charge is 0.123 e. The van der Waals surface area contributed by atoms with Gasteiger partial charge < -0.3 is 4.90 Å². The van der Waals surface area contributed by atoms with Crippen LogP contribution in [0.5, 0.6) is 0 Å². The quantitative estimate of drug-likeness (QED) is 0.531. The molecule has 4 heteroatoms. The van der Waals surface area contributed by atoms with Crippen LogP contribution >= 0.6 is 23.4 Å². The first-order valence-corrected chi connectivity index (χ1v) is 8.99. The summed E-state index contributed by atoms with van der Waals surface area (Å²) in [6.07, 6.45) is 2.07. The van der Waals surface area contributed by atoms with Crippen LogP contribution in [0, 0.1) is 5.82 Å². The molecule has 0 bridgehead atoms. The van der Waals surface area contributed by atoms with Crippen LogP contribution in [0.3, 0.4) is 0 Å². The molecule has 1 nitrogen and oxygen atoms in total.